The van der Waals surface area contributed by atoms with Gasteiger partial charge in [-0.15, -0.1) is 0 Å². The molecule has 0 fully saturated rings. The first-order chi connectivity index (χ1) is 20.8. The van der Waals surface area contributed by atoms with Crippen LogP contribution in [-0.2, 0) is 9.59 Å². The zero-order chi connectivity index (χ0) is 30.6. The lowest BCUT2D eigenvalue weighted by Crippen LogP contribution is -2.15. The highest BCUT2D eigenvalue weighted by Gasteiger charge is 2.17. The second-order valence-electron chi connectivity index (χ2n) is 13.6. The number of hydrogen-bond acceptors (Lipinski definition) is 2. The van der Waals surface area contributed by atoms with E-state index in [0.717, 1.165) is 32.1 Å². The normalized spacial score (nSPS) is 12.1. The van der Waals surface area contributed by atoms with Gasteiger partial charge >= 0.3 is 0 Å². The summed E-state index contributed by atoms with van der Waals surface area (Å²) in [4.78, 5) is 23.8. The lowest BCUT2D eigenvalue weighted by atomic mass is 9.94. The van der Waals surface area contributed by atoms with Crippen molar-refractivity contribution in [3.05, 3.63) is 0 Å². The van der Waals surface area contributed by atoms with Crippen molar-refractivity contribution in [2.75, 3.05) is 0 Å². The van der Waals surface area contributed by atoms with Crippen LogP contribution in [0.5, 0.6) is 0 Å². The molecule has 1 atom stereocenters. The molecule has 1 unspecified atom stereocenters. The van der Waals surface area contributed by atoms with Gasteiger partial charge in [0.2, 0.25) is 6.29 Å². The maximum absolute atomic E-state index is 12.5. The third-order valence-corrected chi connectivity index (χ3v) is 9.40. The molecule has 0 saturated heterocycles. The maximum atomic E-state index is 12.5. The fourth-order valence-electron chi connectivity index (χ4n) is 6.38. The fourth-order valence-corrected chi connectivity index (χ4v) is 6.38. The topological polar surface area (TPSA) is 34.1 Å². The first kappa shape index (κ1) is 41.3. The minimum atomic E-state index is -0.460. The Bertz CT molecular complexity index is 528. The standard InChI is InChI=1S/C40H77O2/c1-3-5-7-9-11-13-15-17-19-21-23-25-27-29-31-33-35-37-40(42)39(38-41)36-34-32-30-28-26-24-22-20-18-16-14-12-10-8-6-4-2/h39H,3-37H2,1-2H3. The van der Waals surface area contributed by atoms with Crippen LogP contribution < -0.4 is 0 Å². The van der Waals surface area contributed by atoms with Gasteiger partial charge < -0.3 is 0 Å². The van der Waals surface area contributed by atoms with Gasteiger partial charge in [0.15, 0.2) is 0 Å². The van der Waals surface area contributed by atoms with E-state index < -0.39 is 5.92 Å². The summed E-state index contributed by atoms with van der Waals surface area (Å²) in [6.45, 7) is 4.57. The first-order valence-corrected chi connectivity index (χ1v) is 19.7. The van der Waals surface area contributed by atoms with Crippen LogP contribution in [0.1, 0.15) is 239 Å². The van der Waals surface area contributed by atoms with E-state index in [1.807, 2.05) is 0 Å². The van der Waals surface area contributed by atoms with Gasteiger partial charge in [-0.1, -0.05) is 219 Å². The third kappa shape index (κ3) is 32.3. The van der Waals surface area contributed by atoms with E-state index in [4.69, 9.17) is 0 Å². The minimum absolute atomic E-state index is 0.145. The number of rotatable bonds is 37. The van der Waals surface area contributed by atoms with Gasteiger partial charge in [-0.2, -0.15) is 0 Å². The highest BCUT2D eigenvalue weighted by molar-refractivity contribution is 5.93. The van der Waals surface area contributed by atoms with Crippen LogP contribution in [0, 0.1) is 5.92 Å². The van der Waals surface area contributed by atoms with Crippen LogP contribution in [0.3, 0.4) is 0 Å². The van der Waals surface area contributed by atoms with Crippen molar-refractivity contribution in [3.63, 3.8) is 0 Å². The molecule has 0 rings (SSSR count). The van der Waals surface area contributed by atoms with Crippen LogP contribution in [0.4, 0.5) is 0 Å². The number of unbranched alkanes of at least 4 members (excludes halogenated alkanes) is 31. The molecule has 0 N–H and O–H groups in total. The van der Waals surface area contributed by atoms with Crippen molar-refractivity contribution >= 4 is 12.1 Å². The van der Waals surface area contributed by atoms with Gasteiger partial charge in [0.1, 0.15) is 5.78 Å². The van der Waals surface area contributed by atoms with Crippen LogP contribution in [0.25, 0.3) is 0 Å². The monoisotopic (exact) mass is 590 g/mol. The predicted octanol–water partition coefficient (Wildman–Crippen LogP) is 14.0. The van der Waals surface area contributed by atoms with Crippen LogP contribution in [0.15, 0.2) is 0 Å². The molecule has 2 heteroatoms. The van der Waals surface area contributed by atoms with Crippen LogP contribution in [-0.4, -0.2) is 12.1 Å². The maximum Gasteiger partial charge on any atom is 0.209 e. The molecular weight excluding hydrogens is 512 g/mol. The van der Waals surface area contributed by atoms with Crippen molar-refractivity contribution in [1.29, 1.82) is 0 Å². The summed E-state index contributed by atoms with van der Waals surface area (Å²) in [6.07, 6.45) is 47.9. The number of hydrogen-bond donors (Lipinski definition) is 0. The molecule has 249 valence electrons. The Morgan fingerprint density at radius 3 is 0.881 bits per heavy atom. The summed E-state index contributed by atoms with van der Waals surface area (Å²) in [5.74, 6) is -0.315. The summed E-state index contributed by atoms with van der Waals surface area (Å²) >= 11 is 0. The van der Waals surface area contributed by atoms with Gasteiger partial charge in [-0.05, 0) is 12.8 Å². The molecule has 0 aliphatic heterocycles. The largest absolute Gasteiger partial charge is 0.299 e. The van der Waals surface area contributed by atoms with E-state index >= 15 is 0 Å². The lowest BCUT2D eigenvalue weighted by molar-refractivity contribution is -0.121. The zero-order valence-corrected chi connectivity index (χ0v) is 29.1. The van der Waals surface area contributed by atoms with E-state index in [1.165, 1.54) is 186 Å². The quantitative estimate of drug-likeness (QED) is 0.0533. The molecule has 0 aliphatic carbocycles. The van der Waals surface area contributed by atoms with E-state index in [9.17, 15) is 9.59 Å². The van der Waals surface area contributed by atoms with Crippen molar-refractivity contribution < 1.29 is 9.59 Å². The Morgan fingerprint density at radius 2 is 0.619 bits per heavy atom. The molecule has 0 saturated carbocycles. The van der Waals surface area contributed by atoms with Crippen molar-refractivity contribution in [1.82, 2.24) is 0 Å². The molecule has 0 aliphatic rings. The summed E-state index contributed by atoms with van der Waals surface area (Å²) in [5, 5.41) is 0. The molecular formula is C40H77O2. The molecule has 0 aromatic rings. The van der Waals surface area contributed by atoms with Gasteiger partial charge in [-0.3, -0.25) is 9.59 Å². The van der Waals surface area contributed by atoms with Gasteiger partial charge in [0.05, 0.1) is 5.92 Å². The summed E-state index contributed by atoms with van der Waals surface area (Å²) < 4.78 is 0. The minimum Gasteiger partial charge on any atom is -0.299 e. The third-order valence-electron chi connectivity index (χ3n) is 9.40. The Labute approximate surface area is 265 Å². The average Bonchev–Trinajstić information content (AvgIpc) is 3.00. The number of carbonyl (C=O) groups is 1. The summed E-state index contributed by atoms with van der Waals surface area (Å²) in [7, 11) is 0. The first-order valence-electron chi connectivity index (χ1n) is 19.7. The Morgan fingerprint density at radius 1 is 0.381 bits per heavy atom. The highest BCUT2D eigenvalue weighted by atomic mass is 16.1. The van der Waals surface area contributed by atoms with E-state index in [-0.39, 0.29) is 5.78 Å². The number of carbonyl (C=O) groups excluding carboxylic acids is 2. The Balaban J connectivity index is 3.38. The lowest BCUT2D eigenvalue weighted by Gasteiger charge is -2.09. The molecule has 42 heavy (non-hydrogen) atoms. The van der Waals surface area contributed by atoms with Gasteiger partial charge in [-0.25, -0.2) is 0 Å². The average molecular weight is 590 g/mol. The second-order valence-corrected chi connectivity index (χ2v) is 13.6. The Kier molecular flexibility index (Phi) is 36.0. The molecule has 0 amide bonds. The van der Waals surface area contributed by atoms with Gasteiger partial charge in [0.25, 0.3) is 0 Å². The summed E-state index contributed by atoms with van der Waals surface area (Å²) in [6, 6.07) is 0. The smallest absolute Gasteiger partial charge is 0.209 e. The fraction of sp³-hybridized carbons (Fsp3) is 0.950. The Hall–Kier alpha value is -0.660. The van der Waals surface area contributed by atoms with Gasteiger partial charge in [0, 0.05) is 6.42 Å². The van der Waals surface area contributed by atoms with Crippen LogP contribution in [0.2, 0.25) is 0 Å². The highest BCUT2D eigenvalue weighted by Crippen LogP contribution is 2.18. The van der Waals surface area contributed by atoms with Crippen LogP contribution >= 0.6 is 0 Å². The molecule has 0 heterocycles. The molecule has 2 nitrogen and oxygen atoms in total. The van der Waals surface area contributed by atoms with E-state index in [2.05, 4.69) is 20.1 Å². The van der Waals surface area contributed by atoms with E-state index in [0.29, 0.717) is 6.42 Å². The second kappa shape index (κ2) is 36.5. The molecule has 0 aromatic heterocycles. The SMILES string of the molecule is CCCCCCCCCCCCCCCCCCCC(=O)C([C]=O)CCCCCCCCCCCCCCCCCC. The summed E-state index contributed by atoms with van der Waals surface area (Å²) in [5.41, 5.74) is 0. The molecule has 1 radical (unpaired) electrons. The van der Waals surface area contributed by atoms with Crippen molar-refractivity contribution in [2.45, 2.75) is 239 Å². The van der Waals surface area contributed by atoms with Crippen molar-refractivity contribution in [2.24, 2.45) is 5.92 Å². The molecule has 0 aromatic carbocycles. The van der Waals surface area contributed by atoms with E-state index in [1.54, 1.807) is 0 Å². The zero-order valence-electron chi connectivity index (χ0n) is 29.1. The number of Topliss-reactive ketones (excluding diaryl/α,β-unsaturated/α-hetero) is 1. The van der Waals surface area contributed by atoms with Crippen molar-refractivity contribution in [3.8, 4) is 0 Å². The molecule has 0 spiro atoms. The number of ketones is 1. The molecule has 0 bridgehead atoms. The predicted molar refractivity (Wildman–Crippen MR) is 187 cm³/mol.